The van der Waals surface area contributed by atoms with Gasteiger partial charge in [0.05, 0.1) is 4.90 Å². The van der Waals surface area contributed by atoms with Crippen LogP contribution in [0.25, 0.3) is 0 Å². The normalized spacial score (nSPS) is 20.8. The van der Waals surface area contributed by atoms with Gasteiger partial charge in [0.25, 0.3) is 0 Å². The Kier molecular flexibility index (Phi) is 4.79. The number of ether oxygens (including phenoxy) is 1. The number of alkyl halides is 3. The van der Waals surface area contributed by atoms with Crippen LogP contribution in [0.4, 0.5) is 13.2 Å². The minimum Gasteiger partial charge on any atom is -0.450 e. The molecule has 2 aromatic rings. The van der Waals surface area contributed by atoms with Crippen molar-refractivity contribution in [1.82, 2.24) is 4.98 Å². The minimum atomic E-state index is -3.78. The summed E-state index contributed by atoms with van der Waals surface area (Å²) in [7, 11) is 0. The number of benzene rings is 1. The van der Waals surface area contributed by atoms with Gasteiger partial charge in [-0.3, -0.25) is 14.6 Å². The van der Waals surface area contributed by atoms with Gasteiger partial charge in [-0.2, -0.15) is 13.2 Å². The van der Waals surface area contributed by atoms with Gasteiger partial charge < -0.3 is 4.74 Å². The van der Waals surface area contributed by atoms with Crippen molar-refractivity contribution < 1.29 is 27.5 Å². The molecule has 1 aliphatic rings. The predicted octanol–water partition coefficient (Wildman–Crippen LogP) is 4.69. The number of hydrogen-bond donors (Lipinski definition) is 0. The van der Waals surface area contributed by atoms with Crippen molar-refractivity contribution in [2.24, 2.45) is 0 Å². The van der Waals surface area contributed by atoms with Gasteiger partial charge in [-0.15, -0.1) is 0 Å². The number of aromatic nitrogens is 1. The zero-order chi connectivity index (χ0) is 18.9. The molecule has 8 heteroatoms. The van der Waals surface area contributed by atoms with Gasteiger partial charge in [0, 0.05) is 31.5 Å². The van der Waals surface area contributed by atoms with Crippen LogP contribution >= 0.6 is 11.8 Å². The second-order valence-corrected chi connectivity index (χ2v) is 7.02. The Labute approximate surface area is 151 Å². The Morgan fingerprint density at radius 3 is 2.54 bits per heavy atom. The van der Waals surface area contributed by atoms with E-state index in [1.165, 1.54) is 24.4 Å². The van der Waals surface area contributed by atoms with E-state index in [1.807, 2.05) is 0 Å². The molecule has 0 bridgehead atoms. The number of ketones is 2. The van der Waals surface area contributed by atoms with Crippen LogP contribution in [0.1, 0.15) is 40.6 Å². The number of rotatable bonds is 5. The van der Waals surface area contributed by atoms with Crippen LogP contribution in [0.15, 0.2) is 47.5 Å². The first kappa shape index (κ1) is 18.4. The molecule has 0 aliphatic carbocycles. The number of Topliss-reactive ketones (excluding diaryl/α,β-unsaturated/α-hetero) is 2. The molecular weight excluding hydrogens is 367 g/mol. The third-order valence-electron chi connectivity index (χ3n) is 3.86. The number of nitrogens with zero attached hydrogens (tertiary/aromatic N) is 1. The van der Waals surface area contributed by atoms with Crippen molar-refractivity contribution in [1.29, 1.82) is 0 Å². The molecular formula is C18H14F3NO3S. The lowest BCUT2D eigenvalue weighted by Crippen LogP contribution is -2.46. The van der Waals surface area contributed by atoms with E-state index in [0.717, 1.165) is 0 Å². The van der Waals surface area contributed by atoms with Gasteiger partial charge in [0.15, 0.2) is 11.6 Å². The lowest BCUT2D eigenvalue weighted by Gasteiger charge is -2.35. The van der Waals surface area contributed by atoms with Crippen LogP contribution in [0.5, 0.6) is 5.75 Å². The monoisotopic (exact) mass is 381 g/mol. The van der Waals surface area contributed by atoms with Gasteiger partial charge in [-0.1, -0.05) is 6.07 Å². The van der Waals surface area contributed by atoms with Crippen LogP contribution in [0.3, 0.4) is 0 Å². The van der Waals surface area contributed by atoms with Crippen LogP contribution in [0.2, 0.25) is 0 Å². The molecule has 0 radical (unpaired) electrons. The Morgan fingerprint density at radius 1 is 1.12 bits per heavy atom. The Balaban J connectivity index is 1.71. The van der Waals surface area contributed by atoms with Gasteiger partial charge in [0.1, 0.15) is 11.4 Å². The molecule has 0 N–H and O–H groups in total. The van der Waals surface area contributed by atoms with Gasteiger partial charge in [0.2, 0.25) is 0 Å². The number of pyridine rings is 1. The number of fused-ring (bicyclic) bond motifs is 1. The zero-order valence-corrected chi connectivity index (χ0v) is 14.5. The number of halogens is 3. The topological polar surface area (TPSA) is 56.3 Å². The smallest absolute Gasteiger partial charge is 0.366 e. The van der Waals surface area contributed by atoms with Crippen molar-refractivity contribution in [3.8, 4) is 5.75 Å². The largest absolute Gasteiger partial charge is 0.450 e. The summed E-state index contributed by atoms with van der Waals surface area (Å²) in [5.74, 6) is -3.85. The molecule has 3 rings (SSSR count). The third kappa shape index (κ3) is 3.60. The van der Waals surface area contributed by atoms with E-state index in [9.17, 15) is 22.8 Å². The minimum absolute atomic E-state index is 0.0115. The van der Waals surface area contributed by atoms with Crippen molar-refractivity contribution in [3.05, 3.63) is 53.9 Å². The molecule has 1 aromatic heterocycles. The number of carbonyl (C=O) groups excluding carboxylic acids is 2. The molecule has 4 nitrogen and oxygen atoms in total. The molecule has 0 amide bonds. The van der Waals surface area contributed by atoms with Crippen molar-refractivity contribution in [2.75, 3.05) is 0 Å². The van der Waals surface area contributed by atoms with Crippen molar-refractivity contribution in [2.45, 2.75) is 35.8 Å². The fourth-order valence-corrected chi connectivity index (χ4v) is 3.26. The maximum Gasteiger partial charge on any atom is 0.366 e. The van der Waals surface area contributed by atoms with E-state index in [2.05, 4.69) is 4.98 Å². The van der Waals surface area contributed by atoms with E-state index >= 15 is 0 Å². The average molecular weight is 381 g/mol. The van der Waals surface area contributed by atoms with Crippen LogP contribution in [-0.2, 0) is 0 Å². The lowest BCUT2D eigenvalue weighted by molar-refractivity contribution is -0.179. The molecule has 0 saturated carbocycles. The second kappa shape index (κ2) is 6.75. The lowest BCUT2D eigenvalue weighted by atomic mass is 10.0. The fraction of sp³-hybridized carbons (Fsp3) is 0.278. The number of thioether (sulfide) groups is 1. The van der Waals surface area contributed by atoms with Crippen molar-refractivity contribution in [3.63, 3.8) is 0 Å². The van der Waals surface area contributed by atoms with Crippen molar-refractivity contribution >= 4 is 23.3 Å². The molecule has 0 fully saturated rings. The number of carbonyl (C=O) groups is 2. The highest BCUT2D eigenvalue weighted by molar-refractivity contribution is 8.00. The quantitative estimate of drug-likeness (QED) is 0.704. The van der Waals surface area contributed by atoms with E-state index in [0.29, 0.717) is 6.92 Å². The van der Waals surface area contributed by atoms with Crippen LogP contribution < -0.4 is 4.74 Å². The molecule has 1 atom stereocenters. The SMILES string of the molecule is CC1(F)Oc2ccc(C(=O)CCC(=O)c3ccccn3)cc2SC1(F)F. The van der Waals surface area contributed by atoms with Crippen LogP contribution in [0, 0.1) is 0 Å². The summed E-state index contributed by atoms with van der Waals surface area (Å²) >= 11 is 0.0115. The highest BCUT2D eigenvalue weighted by atomic mass is 32.2. The fourth-order valence-electron chi connectivity index (χ4n) is 2.37. The first-order valence-electron chi connectivity index (χ1n) is 7.76. The highest BCUT2D eigenvalue weighted by Gasteiger charge is 2.58. The van der Waals surface area contributed by atoms with Crippen LogP contribution in [-0.4, -0.2) is 27.7 Å². The van der Waals surface area contributed by atoms with Gasteiger partial charge in [-0.05, 0) is 42.1 Å². The molecule has 1 unspecified atom stereocenters. The highest BCUT2D eigenvalue weighted by Crippen LogP contribution is 2.53. The Bertz CT molecular complexity index is 856. The summed E-state index contributed by atoms with van der Waals surface area (Å²) in [6.07, 6.45) is 1.35. The van der Waals surface area contributed by atoms with E-state index < -0.39 is 11.1 Å². The Hall–Kier alpha value is -2.35. The molecule has 26 heavy (non-hydrogen) atoms. The molecule has 136 valence electrons. The Morgan fingerprint density at radius 2 is 1.85 bits per heavy atom. The van der Waals surface area contributed by atoms with E-state index in [4.69, 9.17) is 4.74 Å². The molecule has 1 aromatic carbocycles. The average Bonchev–Trinajstić information content (AvgIpc) is 2.60. The summed E-state index contributed by atoms with van der Waals surface area (Å²) in [6, 6.07) is 8.77. The summed E-state index contributed by atoms with van der Waals surface area (Å²) in [5, 5.41) is -3.78. The van der Waals surface area contributed by atoms with Gasteiger partial charge in [-0.25, -0.2) is 0 Å². The van der Waals surface area contributed by atoms with Gasteiger partial charge >= 0.3 is 11.1 Å². The molecule has 0 spiro atoms. The summed E-state index contributed by atoms with van der Waals surface area (Å²) in [4.78, 5) is 28.2. The third-order valence-corrected chi connectivity index (χ3v) is 5.01. The zero-order valence-electron chi connectivity index (χ0n) is 13.7. The summed E-state index contributed by atoms with van der Waals surface area (Å²) in [6.45, 7) is 0.658. The standard InChI is InChI=1S/C18H14F3NO3S/c1-17(19)18(20,21)26-16-10-11(5-8-15(16)25-17)13(23)6-7-14(24)12-4-2-3-9-22-12/h2-5,8-10H,6-7H2,1H3. The molecule has 1 aliphatic heterocycles. The molecule has 2 heterocycles. The molecule has 0 saturated heterocycles. The van der Waals surface area contributed by atoms with E-state index in [-0.39, 0.29) is 58.1 Å². The predicted molar refractivity (Wildman–Crippen MR) is 89.5 cm³/mol. The number of hydrogen-bond acceptors (Lipinski definition) is 5. The maximum absolute atomic E-state index is 13.9. The first-order chi connectivity index (χ1) is 12.2. The maximum atomic E-state index is 13.9. The second-order valence-electron chi connectivity index (χ2n) is 5.86. The summed E-state index contributed by atoms with van der Waals surface area (Å²) in [5.41, 5.74) is 0.420. The first-order valence-corrected chi connectivity index (χ1v) is 8.57. The van der Waals surface area contributed by atoms with E-state index in [1.54, 1.807) is 18.2 Å². The summed E-state index contributed by atoms with van der Waals surface area (Å²) < 4.78 is 46.1.